The minimum atomic E-state index is -0.0527. The number of nitrogens with one attached hydrogen (secondary N) is 1. The molecule has 0 atom stereocenters. The summed E-state index contributed by atoms with van der Waals surface area (Å²) in [6.45, 7) is 0. The number of phenolic OH excluding ortho intramolecular Hbond substituents is 1. The molecule has 1 aromatic heterocycles. The van der Waals surface area contributed by atoms with Gasteiger partial charge in [0, 0.05) is 11.1 Å². The van der Waals surface area contributed by atoms with Gasteiger partial charge in [-0.3, -0.25) is 5.10 Å². The number of nitrogen functional groups attached to an aromatic ring is 1. The Morgan fingerprint density at radius 3 is 2.75 bits per heavy atom. The monoisotopic (exact) mass is 239 g/mol. The van der Waals surface area contributed by atoms with E-state index in [-0.39, 0.29) is 11.5 Å². The summed E-state index contributed by atoms with van der Waals surface area (Å²) < 4.78 is 5.00. The molecule has 0 aliphatic rings. The summed E-state index contributed by atoms with van der Waals surface area (Å²) in [4.78, 5) is 0. The van der Waals surface area contributed by atoms with Gasteiger partial charge in [0.05, 0.1) is 18.3 Å². The minimum absolute atomic E-state index is 0.0527. The van der Waals surface area contributed by atoms with Crippen molar-refractivity contribution in [1.29, 1.82) is 0 Å². The third-order valence-corrected chi connectivity index (χ3v) is 2.54. The number of phenols is 1. The molecule has 5 nitrogen and oxygen atoms in total. The summed E-state index contributed by atoms with van der Waals surface area (Å²) in [6.07, 6.45) is 1.53. The fraction of sp³-hybridized carbons (Fsp3) is 0.100. The van der Waals surface area contributed by atoms with Crippen LogP contribution in [0.15, 0.2) is 18.3 Å². The van der Waals surface area contributed by atoms with E-state index >= 15 is 0 Å². The number of aromatic hydroxyl groups is 1. The first-order valence-corrected chi connectivity index (χ1v) is 4.87. The van der Waals surface area contributed by atoms with E-state index in [0.717, 1.165) is 0 Å². The molecule has 0 bridgehead atoms. The predicted molar refractivity (Wildman–Crippen MR) is 61.7 cm³/mol. The van der Waals surface area contributed by atoms with Crippen LogP contribution in [0.1, 0.15) is 0 Å². The van der Waals surface area contributed by atoms with Gasteiger partial charge in [0.2, 0.25) is 0 Å². The van der Waals surface area contributed by atoms with E-state index in [4.69, 9.17) is 22.1 Å². The van der Waals surface area contributed by atoms with Crippen molar-refractivity contribution < 1.29 is 9.84 Å². The fourth-order valence-electron chi connectivity index (χ4n) is 1.47. The summed E-state index contributed by atoms with van der Waals surface area (Å²) in [5.41, 5.74) is 6.79. The highest BCUT2D eigenvalue weighted by atomic mass is 35.5. The van der Waals surface area contributed by atoms with Crippen molar-refractivity contribution >= 4 is 17.4 Å². The van der Waals surface area contributed by atoms with Gasteiger partial charge in [-0.1, -0.05) is 11.6 Å². The molecular weight excluding hydrogens is 230 g/mol. The molecule has 1 heterocycles. The Hall–Kier alpha value is -1.88. The van der Waals surface area contributed by atoms with E-state index < -0.39 is 0 Å². The smallest absolute Gasteiger partial charge is 0.179 e. The lowest BCUT2D eigenvalue weighted by Gasteiger charge is -2.09. The van der Waals surface area contributed by atoms with Crippen LogP contribution in [0.5, 0.6) is 11.5 Å². The van der Waals surface area contributed by atoms with Crippen LogP contribution in [0.2, 0.25) is 5.02 Å². The Balaban J connectivity index is 2.63. The number of anilines is 1. The van der Waals surface area contributed by atoms with Crippen molar-refractivity contribution in [1.82, 2.24) is 10.2 Å². The lowest BCUT2D eigenvalue weighted by atomic mass is 10.1. The van der Waals surface area contributed by atoms with Gasteiger partial charge in [-0.2, -0.15) is 5.10 Å². The van der Waals surface area contributed by atoms with Gasteiger partial charge in [0.25, 0.3) is 0 Å². The molecule has 0 radical (unpaired) electrons. The van der Waals surface area contributed by atoms with Crippen molar-refractivity contribution in [2.24, 2.45) is 0 Å². The predicted octanol–water partition coefficient (Wildman–Crippen LogP) is 2.03. The van der Waals surface area contributed by atoms with Crippen LogP contribution in [0.3, 0.4) is 0 Å². The topological polar surface area (TPSA) is 84.2 Å². The van der Waals surface area contributed by atoms with Crippen LogP contribution >= 0.6 is 11.6 Å². The second-order valence-corrected chi connectivity index (χ2v) is 3.58. The number of benzene rings is 1. The maximum Gasteiger partial charge on any atom is 0.179 e. The zero-order valence-corrected chi connectivity index (χ0v) is 9.25. The number of aromatic amines is 1. The standard InChI is InChI=1S/C10H10ClN3O2/c1-16-9-7(11)3-2-5(8(9)15)6-4-13-14-10(6)12/h2-4,15H,1H3,(H3,12,13,14). The van der Waals surface area contributed by atoms with Crippen LogP contribution in [0, 0.1) is 0 Å². The summed E-state index contributed by atoms with van der Waals surface area (Å²) in [5.74, 6) is 0.544. The molecule has 84 valence electrons. The summed E-state index contributed by atoms with van der Waals surface area (Å²) in [5, 5.41) is 16.7. The molecule has 0 unspecified atom stereocenters. The normalized spacial score (nSPS) is 10.4. The van der Waals surface area contributed by atoms with E-state index in [1.165, 1.54) is 13.3 Å². The molecule has 0 aliphatic carbocycles. The molecule has 0 spiro atoms. The summed E-state index contributed by atoms with van der Waals surface area (Å²) >= 11 is 5.86. The van der Waals surface area contributed by atoms with Crippen molar-refractivity contribution in [3.8, 4) is 22.6 Å². The molecule has 1 aromatic carbocycles. The summed E-state index contributed by atoms with van der Waals surface area (Å²) in [6, 6.07) is 3.28. The second kappa shape index (κ2) is 3.94. The van der Waals surface area contributed by atoms with Crippen LogP contribution in [-0.4, -0.2) is 22.4 Å². The van der Waals surface area contributed by atoms with Crippen LogP contribution in [0.4, 0.5) is 5.82 Å². The molecule has 0 aliphatic heterocycles. The lowest BCUT2D eigenvalue weighted by molar-refractivity contribution is 0.374. The van der Waals surface area contributed by atoms with E-state index in [1.807, 2.05) is 0 Å². The Bertz CT molecular complexity index is 525. The molecule has 6 heteroatoms. The molecule has 2 aromatic rings. The fourth-order valence-corrected chi connectivity index (χ4v) is 1.70. The van der Waals surface area contributed by atoms with Crippen LogP contribution in [0.25, 0.3) is 11.1 Å². The van der Waals surface area contributed by atoms with E-state index in [1.54, 1.807) is 12.1 Å². The molecule has 0 amide bonds. The first-order chi connectivity index (χ1) is 7.65. The molecular formula is C10H10ClN3O2. The Labute approximate surface area is 96.8 Å². The van der Waals surface area contributed by atoms with Crippen LogP contribution in [-0.2, 0) is 0 Å². The van der Waals surface area contributed by atoms with Gasteiger partial charge < -0.3 is 15.6 Å². The van der Waals surface area contributed by atoms with Crippen LogP contribution < -0.4 is 10.5 Å². The number of H-pyrrole nitrogens is 1. The number of hydrogen-bond acceptors (Lipinski definition) is 4. The van der Waals surface area contributed by atoms with Crippen molar-refractivity contribution in [3.05, 3.63) is 23.4 Å². The van der Waals surface area contributed by atoms with E-state index in [0.29, 0.717) is 22.0 Å². The van der Waals surface area contributed by atoms with Gasteiger partial charge in [-0.05, 0) is 12.1 Å². The van der Waals surface area contributed by atoms with Gasteiger partial charge in [0.1, 0.15) is 5.82 Å². The average Bonchev–Trinajstić information content (AvgIpc) is 2.66. The van der Waals surface area contributed by atoms with E-state index in [9.17, 15) is 5.11 Å². The zero-order valence-electron chi connectivity index (χ0n) is 8.49. The molecule has 0 saturated carbocycles. The van der Waals surface area contributed by atoms with Crippen molar-refractivity contribution in [2.75, 3.05) is 12.8 Å². The highest BCUT2D eigenvalue weighted by Crippen LogP contribution is 2.42. The Morgan fingerprint density at radius 1 is 1.44 bits per heavy atom. The molecule has 0 fully saturated rings. The molecule has 2 rings (SSSR count). The quantitative estimate of drug-likeness (QED) is 0.749. The number of rotatable bonds is 2. The number of nitrogens with two attached hydrogens (primary N) is 1. The number of aromatic nitrogens is 2. The number of halogens is 1. The summed E-state index contributed by atoms with van der Waals surface area (Å²) in [7, 11) is 1.43. The van der Waals surface area contributed by atoms with E-state index in [2.05, 4.69) is 10.2 Å². The Morgan fingerprint density at radius 2 is 2.19 bits per heavy atom. The highest BCUT2D eigenvalue weighted by Gasteiger charge is 2.16. The zero-order chi connectivity index (χ0) is 11.7. The van der Waals surface area contributed by atoms with Crippen molar-refractivity contribution in [3.63, 3.8) is 0 Å². The maximum absolute atomic E-state index is 9.96. The number of hydrogen-bond donors (Lipinski definition) is 3. The molecule has 16 heavy (non-hydrogen) atoms. The number of ether oxygens (including phenoxy) is 1. The first-order valence-electron chi connectivity index (χ1n) is 4.49. The third-order valence-electron chi connectivity index (χ3n) is 2.25. The largest absolute Gasteiger partial charge is 0.504 e. The number of methoxy groups -OCH3 is 1. The molecule has 4 N–H and O–H groups in total. The van der Waals surface area contributed by atoms with Gasteiger partial charge >= 0.3 is 0 Å². The van der Waals surface area contributed by atoms with Crippen molar-refractivity contribution in [2.45, 2.75) is 0 Å². The second-order valence-electron chi connectivity index (χ2n) is 3.17. The average molecular weight is 240 g/mol. The first kappa shape index (κ1) is 10.6. The van der Waals surface area contributed by atoms with Gasteiger partial charge in [0.15, 0.2) is 11.5 Å². The highest BCUT2D eigenvalue weighted by molar-refractivity contribution is 6.32. The Kier molecular flexibility index (Phi) is 2.62. The third kappa shape index (κ3) is 1.55. The minimum Gasteiger partial charge on any atom is -0.504 e. The SMILES string of the molecule is COc1c(Cl)ccc(-c2cn[nH]c2N)c1O. The maximum atomic E-state index is 9.96. The molecule has 0 saturated heterocycles. The van der Waals surface area contributed by atoms with Gasteiger partial charge in [-0.15, -0.1) is 0 Å². The van der Waals surface area contributed by atoms with Gasteiger partial charge in [-0.25, -0.2) is 0 Å². The number of nitrogens with zero attached hydrogens (tertiary/aromatic N) is 1. The lowest BCUT2D eigenvalue weighted by Crippen LogP contribution is -1.90.